The van der Waals surface area contributed by atoms with Crippen LogP contribution in [0.5, 0.6) is 0 Å². The van der Waals surface area contributed by atoms with Crippen molar-refractivity contribution < 1.29 is 4.79 Å². The molecule has 1 amide bonds. The second-order valence-electron chi connectivity index (χ2n) is 2.99. The van der Waals surface area contributed by atoms with Crippen molar-refractivity contribution in [1.29, 1.82) is 0 Å². The highest BCUT2D eigenvalue weighted by Crippen LogP contribution is 2.09. The van der Waals surface area contributed by atoms with Gasteiger partial charge in [0, 0.05) is 14.1 Å². The van der Waals surface area contributed by atoms with E-state index >= 15 is 0 Å². The lowest BCUT2D eigenvalue weighted by molar-refractivity contribution is -0.126. The molecule has 1 aromatic rings. The Kier molecular flexibility index (Phi) is 3.88. The van der Waals surface area contributed by atoms with E-state index in [0.29, 0.717) is 5.82 Å². The van der Waals surface area contributed by atoms with Crippen molar-refractivity contribution in [3.63, 3.8) is 0 Å². The highest BCUT2D eigenvalue weighted by atomic mass is 79.9. The maximum atomic E-state index is 11.2. The molecule has 1 rings (SSSR count). The molecular weight excluding hydrogens is 246 g/mol. The number of halogens is 1. The van der Waals surface area contributed by atoms with E-state index in [-0.39, 0.29) is 12.5 Å². The van der Waals surface area contributed by atoms with Crippen molar-refractivity contribution >= 4 is 27.7 Å². The third-order valence-corrected chi connectivity index (χ3v) is 2.08. The monoisotopic (exact) mass is 257 g/mol. The lowest BCUT2D eigenvalue weighted by atomic mass is 10.4. The van der Waals surface area contributed by atoms with E-state index in [9.17, 15) is 4.79 Å². The van der Waals surface area contributed by atoms with Gasteiger partial charge in [0.2, 0.25) is 5.91 Å². The molecule has 1 N–H and O–H groups in total. The number of anilines is 1. The molecule has 14 heavy (non-hydrogen) atoms. The van der Waals surface area contributed by atoms with Gasteiger partial charge in [-0.1, -0.05) is 6.07 Å². The minimum absolute atomic E-state index is 0.0202. The molecule has 76 valence electrons. The van der Waals surface area contributed by atoms with Crippen LogP contribution in [0.2, 0.25) is 0 Å². The summed E-state index contributed by atoms with van der Waals surface area (Å²) in [6, 6.07) is 5.51. The Morgan fingerprint density at radius 1 is 1.57 bits per heavy atom. The molecule has 0 fully saturated rings. The van der Waals surface area contributed by atoms with Crippen molar-refractivity contribution in [3.05, 3.63) is 22.8 Å². The molecule has 1 aromatic heterocycles. The minimum Gasteiger partial charge on any atom is -0.361 e. The summed E-state index contributed by atoms with van der Waals surface area (Å²) in [5.41, 5.74) is 0. The van der Waals surface area contributed by atoms with Gasteiger partial charge in [0.25, 0.3) is 0 Å². The van der Waals surface area contributed by atoms with Crippen LogP contribution in [0, 0.1) is 0 Å². The molecule has 0 aliphatic carbocycles. The van der Waals surface area contributed by atoms with Crippen LogP contribution in [0.1, 0.15) is 0 Å². The summed E-state index contributed by atoms with van der Waals surface area (Å²) in [6.45, 7) is 0.260. The van der Waals surface area contributed by atoms with Crippen LogP contribution in [0.15, 0.2) is 22.8 Å². The van der Waals surface area contributed by atoms with Crippen LogP contribution in [0.3, 0.4) is 0 Å². The number of carbonyl (C=O) groups excluding carboxylic acids is 1. The zero-order valence-corrected chi connectivity index (χ0v) is 9.71. The van der Waals surface area contributed by atoms with Gasteiger partial charge >= 0.3 is 0 Å². The van der Waals surface area contributed by atoms with Gasteiger partial charge in [0.05, 0.1) is 6.54 Å². The Morgan fingerprint density at radius 2 is 2.29 bits per heavy atom. The van der Waals surface area contributed by atoms with Gasteiger partial charge in [-0.15, -0.1) is 0 Å². The fourth-order valence-electron chi connectivity index (χ4n) is 0.831. The van der Waals surface area contributed by atoms with Crippen molar-refractivity contribution in [2.45, 2.75) is 0 Å². The summed E-state index contributed by atoms with van der Waals surface area (Å²) < 4.78 is 0.750. The predicted octanol–water partition coefficient (Wildman–Crippen LogP) is 1.34. The van der Waals surface area contributed by atoms with Crippen LogP contribution < -0.4 is 5.32 Å². The third-order valence-electron chi connectivity index (χ3n) is 1.63. The van der Waals surface area contributed by atoms with Gasteiger partial charge in [0.15, 0.2) is 0 Å². The highest BCUT2D eigenvalue weighted by Gasteiger charge is 2.03. The molecule has 0 radical (unpaired) electrons. The Balaban J connectivity index is 2.50. The van der Waals surface area contributed by atoms with E-state index in [1.807, 2.05) is 18.2 Å². The largest absolute Gasteiger partial charge is 0.361 e. The summed E-state index contributed by atoms with van der Waals surface area (Å²) in [5, 5.41) is 2.93. The van der Waals surface area contributed by atoms with Crippen LogP contribution in [0.25, 0.3) is 0 Å². The van der Waals surface area contributed by atoms with Gasteiger partial charge in [-0.25, -0.2) is 4.98 Å². The molecule has 0 aliphatic heterocycles. The molecule has 1 heterocycles. The maximum absolute atomic E-state index is 11.2. The molecule has 0 aromatic carbocycles. The predicted molar refractivity (Wildman–Crippen MR) is 59.1 cm³/mol. The smallest absolute Gasteiger partial charge is 0.241 e. The quantitative estimate of drug-likeness (QED) is 0.832. The molecule has 0 saturated carbocycles. The molecule has 5 heteroatoms. The Morgan fingerprint density at radius 3 is 2.86 bits per heavy atom. The molecular formula is C9H12BrN3O. The van der Waals surface area contributed by atoms with E-state index in [2.05, 4.69) is 26.2 Å². The van der Waals surface area contributed by atoms with E-state index in [4.69, 9.17) is 0 Å². The van der Waals surface area contributed by atoms with E-state index in [1.54, 1.807) is 14.1 Å². The average Bonchev–Trinajstić information content (AvgIpc) is 2.14. The molecule has 0 saturated heterocycles. The van der Waals surface area contributed by atoms with Crippen molar-refractivity contribution in [1.82, 2.24) is 9.88 Å². The van der Waals surface area contributed by atoms with E-state index < -0.39 is 0 Å². The topological polar surface area (TPSA) is 45.2 Å². The number of rotatable bonds is 3. The van der Waals surface area contributed by atoms with Crippen molar-refractivity contribution in [2.75, 3.05) is 26.0 Å². The summed E-state index contributed by atoms with van der Waals surface area (Å²) in [5.74, 6) is 0.710. The first kappa shape index (κ1) is 11.0. The van der Waals surface area contributed by atoms with E-state index in [0.717, 1.165) is 4.60 Å². The number of carbonyl (C=O) groups is 1. The standard InChI is InChI=1S/C9H12BrN3O/c1-13(2)9(14)6-11-8-5-3-4-7(10)12-8/h3-5H,6H2,1-2H3,(H,11,12). The molecule has 0 spiro atoms. The normalized spacial score (nSPS) is 9.64. The second kappa shape index (κ2) is 4.95. The fourth-order valence-corrected chi connectivity index (χ4v) is 1.17. The molecule has 4 nitrogen and oxygen atoms in total. The number of aromatic nitrogens is 1. The van der Waals surface area contributed by atoms with Crippen molar-refractivity contribution in [3.8, 4) is 0 Å². The van der Waals surface area contributed by atoms with Gasteiger partial charge in [-0.05, 0) is 28.1 Å². The highest BCUT2D eigenvalue weighted by molar-refractivity contribution is 9.10. The Labute approximate surface area is 91.4 Å². The van der Waals surface area contributed by atoms with Crippen LogP contribution in [-0.4, -0.2) is 36.4 Å². The average molecular weight is 258 g/mol. The van der Waals surface area contributed by atoms with Gasteiger partial charge in [-0.3, -0.25) is 4.79 Å². The van der Waals surface area contributed by atoms with Gasteiger partial charge in [-0.2, -0.15) is 0 Å². The summed E-state index contributed by atoms with van der Waals surface area (Å²) >= 11 is 3.25. The molecule has 0 atom stereocenters. The summed E-state index contributed by atoms with van der Waals surface area (Å²) in [6.07, 6.45) is 0. The number of likely N-dealkylation sites (N-methyl/N-ethyl adjacent to an activating group) is 1. The zero-order chi connectivity index (χ0) is 10.6. The lowest BCUT2D eigenvalue weighted by Crippen LogP contribution is -2.28. The maximum Gasteiger partial charge on any atom is 0.241 e. The Hall–Kier alpha value is -1.10. The first-order valence-electron chi connectivity index (χ1n) is 4.16. The summed E-state index contributed by atoms with van der Waals surface area (Å²) in [7, 11) is 3.44. The number of hydrogen-bond acceptors (Lipinski definition) is 3. The number of nitrogens with zero attached hydrogens (tertiary/aromatic N) is 2. The third kappa shape index (κ3) is 3.33. The SMILES string of the molecule is CN(C)C(=O)CNc1cccc(Br)n1. The van der Waals surface area contributed by atoms with Crippen LogP contribution >= 0.6 is 15.9 Å². The van der Waals surface area contributed by atoms with Crippen LogP contribution in [0.4, 0.5) is 5.82 Å². The molecule has 0 aliphatic rings. The van der Waals surface area contributed by atoms with Gasteiger partial charge < -0.3 is 10.2 Å². The number of amides is 1. The zero-order valence-electron chi connectivity index (χ0n) is 8.12. The fraction of sp³-hybridized carbons (Fsp3) is 0.333. The van der Waals surface area contributed by atoms with Crippen molar-refractivity contribution in [2.24, 2.45) is 0 Å². The molecule has 0 unspecified atom stereocenters. The number of hydrogen-bond donors (Lipinski definition) is 1. The first-order chi connectivity index (χ1) is 6.59. The Bertz CT molecular complexity index is 328. The number of nitrogens with one attached hydrogen (secondary N) is 1. The first-order valence-corrected chi connectivity index (χ1v) is 4.95. The second-order valence-corrected chi connectivity index (χ2v) is 3.80. The van der Waals surface area contributed by atoms with E-state index in [1.165, 1.54) is 4.90 Å². The molecule has 0 bridgehead atoms. The lowest BCUT2D eigenvalue weighted by Gasteiger charge is -2.11. The van der Waals surface area contributed by atoms with Crippen LogP contribution in [-0.2, 0) is 4.79 Å². The summed E-state index contributed by atoms with van der Waals surface area (Å²) in [4.78, 5) is 16.9. The van der Waals surface area contributed by atoms with Gasteiger partial charge in [0.1, 0.15) is 10.4 Å². The number of pyridine rings is 1. The minimum atomic E-state index is 0.0202.